The number of carbonyl (C=O) groups excluding carboxylic acids is 2. The van der Waals surface area contributed by atoms with Crippen LogP contribution in [-0.4, -0.2) is 72.7 Å². The Morgan fingerprint density at radius 2 is 1.80 bits per heavy atom. The SMILES string of the molecule is CC(N)C(=O)OC[C@H]1CN(c2ccc(OCC3CCN(c4cc5c(cc4F)c(=O)c(C(=O)O)cn5C4CC4)CC3)c(F)c2)C(=O)O1. The number of nitrogens with two attached hydrogens (primary N) is 1. The Kier molecular flexibility index (Phi) is 8.55. The third-order valence-electron chi connectivity index (χ3n) is 8.59. The van der Waals surface area contributed by atoms with Gasteiger partial charge < -0.3 is 34.5 Å². The molecular weight excluding hydrogens is 606 g/mol. The number of halogens is 2. The first kappa shape index (κ1) is 31.3. The van der Waals surface area contributed by atoms with Gasteiger partial charge in [-0.25, -0.2) is 18.4 Å². The predicted octanol–water partition coefficient (Wildman–Crippen LogP) is 3.82. The summed E-state index contributed by atoms with van der Waals surface area (Å²) >= 11 is 0. The van der Waals surface area contributed by atoms with E-state index in [9.17, 15) is 28.7 Å². The maximum atomic E-state index is 15.3. The molecule has 1 aromatic heterocycles. The molecular formula is C32H34F2N4O8. The van der Waals surface area contributed by atoms with Crippen molar-refractivity contribution in [1.82, 2.24) is 4.57 Å². The summed E-state index contributed by atoms with van der Waals surface area (Å²) in [6, 6.07) is 6.21. The number of piperidine rings is 1. The summed E-state index contributed by atoms with van der Waals surface area (Å²) in [7, 11) is 0. The number of esters is 1. The highest BCUT2D eigenvalue weighted by atomic mass is 19.1. The molecule has 1 amide bonds. The molecule has 14 heteroatoms. The standard InChI is InChI=1S/C32H34F2N4O8/c1-17(35)31(42)45-16-21-13-38(32(43)46-21)20-4-5-28(25(34)10-20)44-15-18-6-8-36(9-7-18)27-12-26-22(11-24(27)33)29(39)23(30(40)41)14-37(26)19-2-3-19/h4-5,10-12,14,17-19,21H,2-3,6-9,13,15-16,35H2,1H3,(H,40,41)/t17?,21-/m1/s1. The molecule has 0 bridgehead atoms. The highest BCUT2D eigenvalue weighted by Gasteiger charge is 2.34. The highest BCUT2D eigenvalue weighted by Crippen LogP contribution is 2.38. The fraction of sp³-hybridized carbons (Fsp3) is 0.438. The minimum Gasteiger partial charge on any atom is -0.490 e. The van der Waals surface area contributed by atoms with Crippen LogP contribution in [0.3, 0.4) is 0 Å². The average molecular weight is 641 g/mol. The van der Waals surface area contributed by atoms with E-state index in [-0.39, 0.29) is 54.1 Å². The molecule has 2 aliphatic heterocycles. The van der Waals surface area contributed by atoms with E-state index < -0.39 is 47.2 Å². The van der Waals surface area contributed by atoms with Crippen LogP contribution in [0.4, 0.5) is 25.0 Å². The molecule has 3 fully saturated rings. The van der Waals surface area contributed by atoms with Crippen LogP contribution in [0.1, 0.15) is 49.0 Å². The van der Waals surface area contributed by atoms with Crippen molar-refractivity contribution in [3.05, 3.63) is 63.9 Å². The molecule has 2 atom stereocenters. The first-order chi connectivity index (χ1) is 22.0. The van der Waals surface area contributed by atoms with Crippen LogP contribution < -0.4 is 25.7 Å². The van der Waals surface area contributed by atoms with Crippen LogP contribution in [0.15, 0.2) is 41.3 Å². The number of carbonyl (C=O) groups is 3. The number of hydrogen-bond donors (Lipinski definition) is 2. The third-order valence-corrected chi connectivity index (χ3v) is 8.59. The van der Waals surface area contributed by atoms with Crippen molar-refractivity contribution in [3.8, 4) is 5.75 Å². The largest absolute Gasteiger partial charge is 0.490 e. The molecule has 2 saturated heterocycles. The lowest BCUT2D eigenvalue weighted by Crippen LogP contribution is -2.36. The van der Waals surface area contributed by atoms with Crippen molar-refractivity contribution in [1.29, 1.82) is 0 Å². The van der Waals surface area contributed by atoms with E-state index in [1.54, 1.807) is 16.7 Å². The molecule has 12 nitrogen and oxygen atoms in total. The second kappa shape index (κ2) is 12.6. The fourth-order valence-electron chi connectivity index (χ4n) is 5.86. The number of carboxylic acid groups (broad SMARTS) is 1. The van der Waals surface area contributed by atoms with Crippen LogP contribution in [0.25, 0.3) is 10.9 Å². The van der Waals surface area contributed by atoms with Gasteiger partial charge in [0.1, 0.15) is 24.0 Å². The third kappa shape index (κ3) is 6.34. The average Bonchev–Trinajstić information content (AvgIpc) is 3.80. The summed E-state index contributed by atoms with van der Waals surface area (Å²) in [6.45, 7) is 2.65. The van der Waals surface area contributed by atoms with Gasteiger partial charge in [0.25, 0.3) is 0 Å². The first-order valence-electron chi connectivity index (χ1n) is 15.2. The van der Waals surface area contributed by atoms with E-state index in [0.717, 1.165) is 18.9 Å². The van der Waals surface area contributed by atoms with Crippen molar-refractivity contribution in [2.75, 3.05) is 42.6 Å². The Labute approximate surface area is 262 Å². The normalized spacial score (nSPS) is 19.3. The van der Waals surface area contributed by atoms with Gasteiger partial charge in [0.05, 0.1) is 30.0 Å². The predicted molar refractivity (Wildman–Crippen MR) is 162 cm³/mol. The zero-order valence-electron chi connectivity index (χ0n) is 25.1. The maximum absolute atomic E-state index is 15.3. The van der Waals surface area contributed by atoms with Gasteiger partial charge in [-0.2, -0.15) is 0 Å². The zero-order valence-corrected chi connectivity index (χ0v) is 25.1. The van der Waals surface area contributed by atoms with Crippen LogP contribution >= 0.6 is 0 Å². The minimum atomic E-state index is -1.34. The van der Waals surface area contributed by atoms with Crippen molar-refractivity contribution in [3.63, 3.8) is 0 Å². The van der Waals surface area contributed by atoms with Crippen molar-refractivity contribution in [2.45, 2.75) is 50.8 Å². The lowest BCUT2D eigenvalue weighted by molar-refractivity contribution is -0.147. The Hall–Kier alpha value is -4.72. The number of benzene rings is 2. The lowest BCUT2D eigenvalue weighted by Gasteiger charge is -2.34. The molecule has 1 unspecified atom stereocenters. The zero-order chi connectivity index (χ0) is 32.7. The van der Waals surface area contributed by atoms with Crippen LogP contribution in [0, 0.1) is 17.6 Å². The Morgan fingerprint density at radius 1 is 1.07 bits per heavy atom. The first-order valence-corrected chi connectivity index (χ1v) is 15.2. The van der Waals surface area contributed by atoms with Gasteiger partial charge in [-0.3, -0.25) is 14.5 Å². The number of nitrogens with zero attached hydrogens (tertiary/aromatic N) is 3. The van der Waals surface area contributed by atoms with E-state index in [1.807, 2.05) is 4.90 Å². The maximum Gasteiger partial charge on any atom is 0.414 e. The molecule has 1 saturated carbocycles. The Morgan fingerprint density at radius 3 is 2.46 bits per heavy atom. The molecule has 3 aliphatic rings. The molecule has 0 radical (unpaired) electrons. The van der Waals surface area contributed by atoms with Crippen molar-refractivity contribution in [2.24, 2.45) is 11.7 Å². The molecule has 1 aliphatic carbocycles. The summed E-state index contributed by atoms with van der Waals surface area (Å²) in [5, 5.41) is 9.52. The molecule has 46 heavy (non-hydrogen) atoms. The molecule has 3 heterocycles. The molecule has 2 aromatic carbocycles. The Balaban J connectivity index is 1.06. The smallest absolute Gasteiger partial charge is 0.414 e. The molecule has 6 rings (SSSR count). The summed E-state index contributed by atoms with van der Waals surface area (Å²) < 4.78 is 48.1. The monoisotopic (exact) mass is 640 g/mol. The quantitative estimate of drug-likeness (QED) is 0.313. The van der Waals surface area contributed by atoms with Gasteiger partial charge in [-0.1, -0.05) is 0 Å². The highest BCUT2D eigenvalue weighted by molar-refractivity contribution is 5.94. The number of cyclic esters (lactones) is 1. The van der Waals surface area contributed by atoms with Crippen molar-refractivity contribution < 1.29 is 42.5 Å². The van der Waals surface area contributed by atoms with Gasteiger partial charge >= 0.3 is 18.0 Å². The van der Waals surface area contributed by atoms with Gasteiger partial charge in [0.2, 0.25) is 5.43 Å². The van der Waals surface area contributed by atoms with Crippen LogP contribution in [0.2, 0.25) is 0 Å². The van der Waals surface area contributed by atoms with E-state index >= 15 is 4.39 Å². The number of pyridine rings is 1. The number of aromatic carboxylic acids is 1. The molecule has 3 aromatic rings. The number of aromatic nitrogens is 1. The summed E-state index contributed by atoms with van der Waals surface area (Å²) in [5.74, 6) is -3.09. The number of rotatable bonds is 10. The Bertz CT molecular complexity index is 1750. The van der Waals surface area contributed by atoms with E-state index in [1.165, 1.54) is 30.2 Å². The van der Waals surface area contributed by atoms with Crippen LogP contribution in [-0.2, 0) is 14.3 Å². The topological polar surface area (TPSA) is 154 Å². The summed E-state index contributed by atoms with van der Waals surface area (Å²) in [6.07, 6.45) is 2.98. The fourth-order valence-corrected chi connectivity index (χ4v) is 5.86. The molecule has 244 valence electrons. The number of carboxylic acids is 1. The lowest BCUT2D eigenvalue weighted by atomic mass is 9.97. The van der Waals surface area contributed by atoms with E-state index in [4.69, 9.17) is 19.9 Å². The van der Waals surface area contributed by atoms with Crippen molar-refractivity contribution >= 4 is 40.3 Å². The number of amides is 1. The van der Waals surface area contributed by atoms with Crippen LogP contribution in [0.5, 0.6) is 5.75 Å². The van der Waals surface area contributed by atoms with Gasteiger partial charge in [-0.15, -0.1) is 0 Å². The number of anilines is 2. The minimum absolute atomic E-state index is 0.0282. The second-order valence-corrected chi connectivity index (χ2v) is 12.0. The summed E-state index contributed by atoms with van der Waals surface area (Å²) in [4.78, 5) is 51.5. The van der Waals surface area contributed by atoms with E-state index in [0.29, 0.717) is 37.1 Å². The van der Waals surface area contributed by atoms with Gasteiger partial charge in [-0.05, 0) is 62.8 Å². The number of ether oxygens (including phenoxy) is 3. The van der Waals surface area contributed by atoms with Gasteiger partial charge in [0, 0.05) is 36.8 Å². The second-order valence-electron chi connectivity index (χ2n) is 12.0. The number of hydrogen-bond acceptors (Lipinski definition) is 9. The summed E-state index contributed by atoms with van der Waals surface area (Å²) in [5.41, 5.74) is 5.52. The number of fused-ring (bicyclic) bond motifs is 1. The molecule has 0 spiro atoms. The van der Waals surface area contributed by atoms with Gasteiger partial charge in [0.15, 0.2) is 17.7 Å². The van der Waals surface area contributed by atoms with E-state index in [2.05, 4.69) is 0 Å². The molecule has 3 N–H and O–H groups in total.